The van der Waals surface area contributed by atoms with Gasteiger partial charge in [-0.15, -0.1) is 0 Å². The number of carbonyl (C=O) groups excluding carboxylic acids is 1. The van der Waals surface area contributed by atoms with Crippen LogP contribution < -0.4 is 10.9 Å². The van der Waals surface area contributed by atoms with E-state index in [1.54, 1.807) is 16.4 Å². The molecule has 180 valence electrons. The van der Waals surface area contributed by atoms with Crippen molar-refractivity contribution < 1.29 is 4.79 Å². The van der Waals surface area contributed by atoms with Crippen molar-refractivity contribution in [3.63, 3.8) is 0 Å². The van der Waals surface area contributed by atoms with Gasteiger partial charge in [-0.3, -0.25) is 14.3 Å². The fourth-order valence-electron chi connectivity index (χ4n) is 4.65. The fraction of sp³-hybridized carbons (Fsp3) is 0.138. The molecule has 0 spiro atoms. The van der Waals surface area contributed by atoms with Gasteiger partial charge in [-0.1, -0.05) is 64.5 Å². The van der Waals surface area contributed by atoms with Crippen LogP contribution in [0, 0.1) is 20.8 Å². The molecule has 0 fully saturated rings. The van der Waals surface area contributed by atoms with E-state index in [1.165, 1.54) is 0 Å². The highest BCUT2D eigenvalue weighted by Gasteiger charge is 2.24. The summed E-state index contributed by atoms with van der Waals surface area (Å²) in [5, 5.41) is 3.67. The van der Waals surface area contributed by atoms with E-state index >= 15 is 0 Å². The molecule has 2 aromatic heterocycles. The zero-order valence-corrected chi connectivity index (χ0v) is 22.1. The molecule has 2 heterocycles. The number of carbonyl (C=O) groups is 1. The van der Waals surface area contributed by atoms with Gasteiger partial charge in [0.2, 0.25) is 0 Å². The SMILES string of the molecule is Cc1c(-c2ccccc2)nc2c(C)cc(Br)cc2c1C(=O)Nc1c(C)n(C)n(-c2ccccc2)c1=O. The van der Waals surface area contributed by atoms with Gasteiger partial charge >= 0.3 is 0 Å². The van der Waals surface area contributed by atoms with Crippen LogP contribution in [0.3, 0.4) is 0 Å². The monoisotopic (exact) mass is 540 g/mol. The number of nitrogens with one attached hydrogen (secondary N) is 1. The number of aryl methyl sites for hydroxylation is 1. The molecule has 0 saturated carbocycles. The highest BCUT2D eigenvalue weighted by atomic mass is 79.9. The molecule has 0 aliphatic carbocycles. The van der Waals surface area contributed by atoms with Crippen molar-refractivity contribution in [1.29, 1.82) is 0 Å². The summed E-state index contributed by atoms with van der Waals surface area (Å²) in [6.45, 7) is 5.70. The van der Waals surface area contributed by atoms with Crippen LogP contribution >= 0.6 is 15.9 Å². The number of para-hydroxylation sites is 1. The van der Waals surface area contributed by atoms with Gasteiger partial charge in [0.25, 0.3) is 11.5 Å². The Balaban J connectivity index is 1.70. The third-order valence-corrected chi connectivity index (χ3v) is 7.01. The summed E-state index contributed by atoms with van der Waals surface area (Å²) in [5.41, 5.74) is 5.97. The topological polar surface area (TPSA) is 68.9 Å². The van der Waals surface area contributed by atoms with Crippen molar-refractivity contribution in [2.24, 2.45) is 7.05 Å². The molecule has 36 heavy (non-hydrogen) atoms. The predicted octanol–water partition coefficient (Wildman–Crippen LogP) is 6.33. The van der Waals surface area contributed by atoms with Crippen LogP contribution in [-0.4, -0.2) is 20.3 Å². The van der Waals surface area contributed by atoms with Crippen LogP contribution in [0.2, 0.25) is 0 Å². The number of rotatable bonds is 4. The number of hydrogen-bond donors (Lipinski definition) is 1. The molecule has 1 amide bonds. The van der Waals surface area contributed by atoms with Gasteiger partial charge in [0.1, 0.15) is 5.69 Å². The molecule has 6 nitrogen and oxygen atoms in total. The molecular formula is C29H25BrN4O2. The maximum atomic E-state index is 13.9. The summed E-state index contributed by atoms with van der Waals surface area (Å²) in [4.78, 5) is 32.3. The van der Waals surface area contributed by atoms with E-state index in [1.807, 2.05) is 93.6 Å². The first-order chi connectivity index (χ1) is 17.3. The van der Waals surface area contributed by atoms with Crippen molar-refractivity contribution in [1.82, 2.24) is 14.3 Å². The lowest BCUT2D eigenvalue weighted by Crippen LogP contribution is -2.23. The van der Waals surface area contributed by atoms with Crippen molar-refractivity contribution in [3.05, 3.63) is 110 Å². The van der Waals surface area contributed by atoms with Crippen molar-refractivity contribution >= 4 is 38.4 Å². The Morgan fingerprint density at radius 3 is 2.25 bits per heavy atom. The molecule has 0 bridgehead atoms. The molecule has 0 unspecified atom stereocenters. The number of anilines is 1. The minimum Gasteiger partial charge on any atom is -0.316 e. The van der Waals surface area contributed by atoms with Crippen LogP contribution in [0.4, 0.5) is 5.69 Å². The molecule has 3 aromatic carbocycles. The lowest BCUT2D eigenvalue weighted by molar-refractivity contribution is 0.102. The first-order valence-corrected chi connectivity index (χ1v) is 12.4. The second-order valence-corrected chi connectivity index (χ2v) is 9.75. The van der Waals surface area contributed by atoms with E-state index in [9.17, 15) is 9.59 Å². The quantitative estimate of drug-likeness (QED) is 0.289. The molecule has 5 aromatic rings. The van der Waals surface area contributed by atoms with Crippen LogP contribution in [0.5, 0.6) is 0 Å². The van der Waals surface area contributed by atoms with E-state index in [2.05, 4.69) is 21.2 Å². The third-order valence-electron chi connectivity index (χ3n) is 6.56. The average molecular weight is 541 g/mol. The Hall–Kier alpha value is -3.97. The average Bonchev–Trinajstić information content (AvgIpc) is 3.07. The Labute approximate surface area is 217 Å². The van der Waals surface area contributed by atoms with E-state index in [0.29, 0.717) is 11.3 Å². The van der Waals surface area contributed by atoms with E-state index in [4.69, 9.17) is 4.98 Å². The van der Waals surface area contributed by atoms with Gasteiger partial charge < -0.3 is 5.32 Å². The number of aromatic nitrogens is 3. The number of halogens is 1. The van der Waals surface area contributed by atoms with Crippen LogP contribution in [0.1, 0.15) is 27.2 Å². The van der Waals surface area contributed by atoms with Gasteiger partial charge in [0.05, 0.1) is 28.2 Å². The van der Waals surface area contributed by atoms with Gasteiger partial charge in [-0.25, -0.2) is 9.67 Å². The normalized spacial score (nSPS) is 11.1. The van der Waals surface area contributed by atoms with E-state index < -0.39 is 0 Å². The second kappa shape index (κ2) is 9.24. The molecular weight excluding hydrogens is 516 g/mol. The Morgan fingerprint density at radius 1 is 0.944 bits per heavy atom. The van der Waals surface area contributed by atoms with Crippen LogP contribution in [-0.2, 0) is 7.05 Å². The summed E-state index contributed by atoms with van der Waals surface area (Å²) < 4.78 is 4.16. The molecule has 0 radical (unpaired) electrons. The van der Waals surface area contributed by atoms with Crippen molar-refractivity contribution in [2.45, 2.75) is 20.8 Å². The largest absolute Gasteiger partial charge is 0.316 e. The lowest BCUT2D eigenvalue weighted by atomic mass is 9.96. The third kappa shape index (κ3) is 3.95. The van der Waals surface area contributed by atoms with Gasteiger partial charge in [-0.2, -0.15) is 0 Å². The maximum Gasteiger partial charge on any atom is 0.295 e. The number of nitrogens with zero attached hydrogens (tertiary/aromatic N) is 3. The van der Waals surface area contributed by atoms with Gasteiger partial charge in [0.15, 0.2) is 0 Å². The van der Waals surface area contributed by atoms with Gasteiger partial charge in [0, 0.05) is 22.5 Å². The number of pyridine rings is 1. The Morgan fingerprint density at radius 2 is 1.58 bits per heavy atom. The van der Waals surface area contributed by atoms with Crippen molar-refractivity contribution in [2.75, 3.05) is 5.32 Å². The zero-order chi connectivity index (χ0) is 25.6. The van der Waals surface area contributed by atoms with Gasteiger partial charge in [-0.05, 0) is 56.2 Å². The summed E-state index contributed by atoms with van der Waals surface area (Å²) in [7, 11) is 1.81. The smallest absolute Gasteiger partial charge is 0.295 e. The predicted molar refractivity (Wildman–Crippen MR) is 148 cm³/mol. The zero-order valence-electron chi connectivity index (χ0n) is 20.5. The summed E-state index contributed by atoms with van der Waals surface area (Å²) in [6.07, 6.45) is 0. The molecule has 0 atom stereocenters. The summed E-state index contributed by atoms with van der Waals surface area (Å²) in [6, 6.07) is 23.1. The van der Waals surface area contributed by atoms with Crippen LogP contribution in [0.15, 0.2) is 82.1 Å². The molecule has 1 N–H and O–H groups in total. The number of benzene rings is 3. The molecule has 5 rings (SSSR count). The summed E-state index contributed by atoms with van der Waals surface area (Å²) in [5.74, 6) is -0.347. The first kappa shape index (κ1) is 23.8. The Bertz CT molecular complexity index is 1690. The maximum absolute atomic E-state index is 13.9. The highest BCUT2D eigenvalue weighted by molar-refractivity contribution is 9.10. The minimum absolute atomic E-state index is 0.253. The lowest BCUT2D eigenvalue weighted by Gasteiger charge is -2.16. The highest BCUT2D eigenvalue weighted by Crippen LogP contribution is 2.33. The number of amides is 1. The molecule has 7 heteroatoms. The fourth-order valence-corrected chi connectivity index (χ4v) is 5.22. The second-order valence-electron chi connectivity index (χ2n) is 8.84. The number of hydrogen-bond acceptors (Lipinski definition) is 3. The number of fused-ring (bicyclic) bond motifs is 1. The van der Waals surface area contributed by atoms with E-state index in [0.717, 1.165) is 43.4 Å². The standard InChI is InChI=1S/C29H25BrN4O2/c1-17-15-21(30)16-23-24(18(2)26(31-25(17)23)20-11-7-5-8-12-20)28(35)32-27-19(3)33(4)34(29(27)36)22-13-9-6-10-14-22/h5-16H,1-4H3,(H,32,35). The molecule has 0 aliphatic rings. The molecule has 0 aliphatic heterocycles. The Kier molecular flexibility index (Phi) is 6.10. The van der Waals surface area contributed by atoms with Crippen molar-refractivity contribution in [3.8, 4) is 16.9 Å². The summed E-state index contributed by atoms with van der Waals surface area (Å²) >= 11 is 3.57. The minimum atomic E-state index is -0.347. The molecule has 0 saturated heterocycles. The van der Waals surface area contributed by atoms with E-state index in [-0.39, 0.29) is 17.2 Å². The first-order valence-electron chi connectivity index (χ1n) is 11.6. The van der Waals surface area contributed by atoms with Crippen LogP contribution in [0.25, 0.3) is 27.8 Å².